The van der Waals surface area contributed by atoms with Crippen molar-refractivity contribution >= 4 is 19.8 Å². The highest BCUT2D eigenvalue weighted by molar-refractivity contribution is 7.46. The first-order valence-corrected chi connectivity index (χ1v) is 21.2. The lowest BCUT2D eigenvalue weighted by molar-refractivity contribution is -0.161. The zero-order valence-electron chi connectivity index (χ0n) is 32.8. The van der Waals surface area contributed by atoms with Crippen LogP contribution in [0.5, 0.6) is 0 Å². The number of rotatable bonds is 34. The third kappa shape index (κ3) is 37.2. The van der Waals surface area contributed by atoms with E-state index in [1.807, 2.05) is 12.2 Å². The van der Waals surface area contributed by atoms with Crippen LogP contribution in [0.2, 0.25) is 0 Å². The van der Waals surface area contributed by atoms with E-state index in [0.717, 1.165) is 70.6 Å². The third-order valence-corrected chi connectivity index (χ3v) is 8.28. The van der Waals surface area contributed by atoms with E-state index in [1.165, 1.54) is 0 Å². The van der Waals surface area contributed by atoms with Gasteiger partial charge in [-0.15, -0.1) is 0 Å². The summed E-state index contributed by atoms with van der Waals surface area (Å²) in [4.78, 5) is 42.8. The van der Waals surface area contributed by atoms with Crippen molar-refractivity contribution in [3.63, 3.8) is 0 Å². The van der Waals surface area contributed by atoms with Crippen LogP contribution in [-0.2, 0) is 28.2 Å². The lowest BCUT2D eigenvalue weighted by Gasteiger charge is -2.19. The van der Waals surface area contributed by atoms with Gasteiger partial charge in [-0.05, 0) is 89.9 Å². The summed E-state index contributed by atoms with van der Waals surface area (Å²) < 4.78 is 26.2. The monoisotopic (exact) mass is 776 g/mol. The maximum Gasteiger partial charge on any atom is 0.469 e. The summed E-state index contributed by atoms with van der Waals surface area (Å²) >= 11 is 0. The molecule has 3 atom stereocenters. The molecule has 0 aliphatic rings. The van der Waals surface area contributed by atoms with Gasteiger partial charge < -0.3 is 29.5 Å². The minimum absolute atomic E-state index is 0.116. The first-order chi connectivity index (χ1) is 26.1. The van der Waals surface area contributed by atoms with E-state index in [4.69, 9.17) is 19.3 Å². The molecule has 0 amide bonds. The fourth-order valence-electron chi connectivity index (χ4n) is 4.80. The molecule has 0 rings (SSSR count). The van der Waals surface area contributed by atoms with Gasteiger partial charge >= 0.3 is 19.8 Å². The fraction of sp³-hybridized carbons (Fsp3) is 0.581. The van der Waals surface area contributed by atoms with E-state index in [2.05, 4.69) is 97.4 Å². The first kappa shape index (κ1) is 50.9. The Kier molecular flexibility index (Phi) is 34.7. The van der Waals surface area contributed by atoms with Crippen molar-refractivity contribution in [1.29, 1.82) is 0 Å². The van der Waals surface area contributed by atoms with Gasteiger partial charge in [-0.3, -0.25) is 14.1 Å². The van der Waals surface area contributed by atoms with E-state index in [-0.39, 0.29) is 32.1 Å². The van der Waals surface area contributed by atoms with Crippen molar-refractivity contribution in [1.82, 2.24) is 0 Å². The number of unbranched alkanes of at least 4 members (excludes halogenated alkanes) is 4. The van der Waals surface area contributed by atoms with Crippen molar-refractivity contribution in [3.05, 3.63) is 97.2 Å². The third-order valence-electron chi connectivity index (χ3n) is 7.80. The molecule has 0 spiro atoms. The quantitative estimate of drug-likeness (QED) is 0.0214. The molecule has 0 bridgehead atoms. The molecule has 0 aliphatic carbocycles. The molecule has 10 nitrogen and oxygen atoms in total. The molecule has 0 aliphatic heterocycles. The zero-order valence-corrected chi connectivity index (χ0v) is 33.7. The number of hydrogen-bond acceptors (Lipinski definition) is 8. The largest absolute Gasteiger partial charge is 0.469 e. The van der Waals surface area contributed by atoms with Crippen LogP contribution in [0.25, 0.3) is 0 Å². The maximum atomic E-state index is 12.4. The first-order valence-electron chi connectivity index (χ1n) is 19.7. The average Bonchev–Trinajstić information content (AvgIpc) is 3.13. The second-order valence-corrected chi connectivity index (χ2v) is 14.0. The fourth-order valence-corrected chi connectivity index (χ4v) is 5.16. The standard InChI is InChI=1S/C43H69O10P/c1-3-5-7-9-11-13-15-17-18-19-20-21-23-25-27-29-31-35-42(46)51-37-39(38-52-54(48,49)50)53-43(47)36-32-34-41(45)40(44)33-30-28-26-24-22-16-14-12-10-8-6-4-2/h5-8,11-14,17-18,20-22,24,28,30,39-41,44-45H,3-4,9-10,15-16,19,23,25-27,29,31-38H2,1-2H3,(H2,48,49,50)/b7-5-,8-6-,13-11-,14-12-,18-17-,21-20-,24-22-,30-28-/t39-,40-,41-/m1/s1. The Labute approximate surface area is 325 Å². The Bertz CT molecular complexity index is 1220. The minimum atomic E-state index is -4.85. The second kappa shape index (κ2) is 36.8. The van der Waals surface area contributed by atoms with Gasteiger partial charge in [0.1, 0.15) is 6.61 Å². The van der Waals surface area contributed by atoms with Gasteiger partial charge in [0.05, 0.1) is 18.8 Å². The number of carbonyl (C=O) groups excluding carboxylic acids is 2. The molecule has 0 aromatic rings. The van der Waals surface area contributed by atoms with E-state index >= 15 is 0 Å². The summed E-state index contributed by atoms with van der Waals surface area (Å²) in [5.74, 6) is -1.21. The highest BCUT2D eigenvalue weighted by atomic mass is 31.2. The number of esters is 2. The zero-order chi connectivity index (χ0) is 40.0. The normalized spacial score (nSPS) is 14.7. The molecule has 11 heteroatoms. The van der Waals surface area contributed by atoms with Gasteiger partial charge in [-0.25, -0.2) is 4.57 Å². The molecule has 0 saturated heterocycles. The molecule has 0 unspecified atom stereocenters. The lowest BCUT2D eigenvalue weighted by atomic mass is 10.0. The number of ether oxygens (including phenoxy) is 2. The van der Waals surface area contributed by atoms with E-state index in [1.54, 1.807) is 6.08 Å². The number of aliphatic hydroxyl groups excluding tert-OH is 2. The Balaban J connectivity index is 4.28. The highest BCUT2D eigenvalue weighted by Gasteiger charge is 2.23. The van der Waals surface area contributed by atoms with Crippen LogP contribution in [0.15, 0.2) is 97.2 Å². The Morgan fingerprint density at radius 3 is 1.54 bits per heavy atom. The van der Waals surface area contributed by atoms with Gasteiger partial charge in [-0.1, -0.05) is 124 Å². The van der Waals surface area contributed by atoms with Gasteiger partial charge in [-0.2, -0.15) is 0 Å². The predicted octanol–water partition coefficient (Wildman–Crippen LogP) is 9.78. The van der Waals surface area contributed by atoms with Crippen molar-refractivity contribution in [3.8, 4) is 0 Å². The lowest BCUT2D eigenvalue weighted by Crippen LogP contribution is -2.30. The maximum absolute atomic E-state index is 12.4. The summed E-state index contributed by atoms with van der Waals surface area (Å²) in [7, 11) is -4.85. The van der Waals surface area contributed by atoms with Crippen LogP contribution < -0.4 is 0 Å². The van der Waals surface area contributed by atoms with Crippen LogP contribution in [0, 0.1) is 0 Å². The molecule has 0 aromatic carbocycles. The van der Waals surface area contributed by atoms with Crippen LogP contribution in [0.3, 0.4) is 0 Å². The van der Waals surface area contributed by atoms with Crippen LogP contribution in [-0.4, -0.2) is 63.5 Å². The Hall–Kier alpha value is -3.11. The van der Waals surface area contributed by atoms with Crippen molar-refractivity contribution in [2.24, 2.45) is 0 Å². The molecule has 0 fully saturated rings. The average molecular weight is 777 g/mol. The SMILES string of the molecule is CC/C=C\C/C=C\C/C=C\C/C=C\CCCCCCC(=O)OC[C@H](COP(=O)(O)O)OC(=O)CCC[C@@H](O)[C@H](O)C/C=C\C/C=C\C/C=C\C/C=C\CC. The second-order valence-electron chi connectivity index (χ2n) is 12.8. The van der Waals surface area contributed by atoms with Crippen molar-refractivity contribution in [2.45, 2.75) is 148 Å². The Morgan fingerprint density at radius 1 is 0.556 bits per heavy atom. The Morgan fingerprint density at radius 2 is 1.02 bits per heavy atom. The topological polar surface area (TPSA) is 160 Å². The highest BCUT2D eigenvalue weighted by Crippen LogP contribution is 2.36. The number of carbonyl (C=O) groups is 2. The molecule has 0 radical (unpaired) electrons. The summed E-state index contributed by atoms with van der Waals surface area (Å²) in [6.07, 6.45) is 43.0. The summed E-state index contributed by atoms with van der Waals surface area (Å²) in [6, 6.07) is 0. The van der Waals surface area contributed by atoms with E-state index < -0.39 is 51.3 Å². The van der Waals surface area contributed by atoms with Gasteiger partial charge in [0.25, 0.3) is 0 Å². The van der Waals surface area contributed by atoms with Crippen molar-refractivity contribution < 1.29 is 48.2 Å². The van der Waals surface area contributed by atoms with Gasteiger partial charge in [0, 0.05) is 12.8 Å². The molecule has 0 aromatic heterocycles. The summed E-state index contributed by atoms with van der Waals surface area (Å²) in [5.41, 5.74) is 0. The molecule has 306 valence electrons. The number of phosphoric ester groups is 1. The van der Waals surface area contributed by atoms with E-state index in [0.29, 0.717) is 12.8 Å². The summed E-state index contributed by atoms with van der Waals surface area (Å²) in [6.45, 7) is 3.17. The van der Waals surface area contributed by atoms with Crippen LogP contribution in [0.1, 0.15) is 129 Å². The molecule has 54 heavy (non-hydrogen) atoms. The number of aliphatic hydroxyl groups is 2. The molecule has 0 heterocycles. The van der Waals surface area contributed by atoms with Crippen LogP contribution in [0.4, 0.5) is 0 Å². The van der Waals surface area contributed by atoms with Gasteiger partial charge in [0.2, 0.25) is 0 Å². The van der Waals surface area contributed by atoms with Crippen LogP contribution >= 0.6 is 7.82 Å². The number of phosphoric acid groups is 1. The molecule has 0 saturated carbocycles. The van der Waals surface area contributed by atoms with Gasteiger partial charge in [0.15, 0.2) is 6.10 Å². The molecule has 4 N–H and O–H groups in total. The summed E-state index contributed by atoms with van der Waals surface area (Å²) in [5, 5.41) is 20.5. The number of allylic oxidation sites excluding steroid dienone is 15. The molecular formula is C43H69O10P. The smallest absolute Gasteiger partial charge is 0.462 e. The van der Waals surface area contributed by atoms with Crippen molar-refractivity contribution in [2.75, 3.05) is 13.2 Å². The predicted molar refractivity (Wildman–Crippen MR) is 218 cm³/mol. The minimum Gasteiger partial charge on any atom is -0.462 e. The van der Waals surface area contributed by atoms with E-state index in [9.17, 15) is 24.4 Å². The molecular weight excluding hydrogens is 707 g/mol. The number of hydrogen-bond donors (Lipinski definition) is 4.